The Bertz CT molecular complexity index is 447. The molecule has 0 atom stereocenters. The van der Waals surface area contributed by atoms with Crippen molar-refractivity contribution in [3.05, 3.63) is 29.3 Å². The maximum absolute atomic E-state index is 11.5. The van der Waals surface area contributed by atoms with Crippen LogP contribution in [0, 0.1) is 0 Å². The molecule has 0 radical (unpaired) electrons. The van der Waals surface area contributed by atoms with E-state index in [1.165, 1.54) is 0 Å². The SMILES string of the molecule is CCOCCOC(=O)CCC(=O)Oc1ccccc1Cl. The summed E-state index contributed by atoms with van der Waals surface area (Å²) in [6.45, 7) is 2.97. The van der Waals surface area contributed by atoms with Crippen LogP contribution in [0.25, 0.3) is 0 Å². The highest BCUT2D eigenvalue weighted by molar-refractivity contribution is 6.32. The van der Waals surface area contributed by atoms with Crippen LogP contribution in [0.5, 0.6) is 5.75 Å². The first-order chi connectivity index (χ1) is 9.63. The number of para-hydroxylation sites is 1. The average Bonchev–Trinajstić information content (AvgIpc) is 2.44. The van der Waals surface area contributed by atoms with Crippen molar-refractivity contribution < 1.29 is 23.8 Å². The van der Waals surface area contributed by atoms with Crippen molar-refractivity contribution in [3.8, 4) is 5.75 Å². The molecular weight excluding hydrogens is 284 g/mol. The van der Waals surface area contributed by atoms with Crippen LogP contribution < -0.4 is 4.74 Å². The molecule has 0 unspecified atom stereocenters. The molecule has 0 aliphatic carbocycles. The first kappa shape index (κ1) is 16.5. The van der Waals surface area contributed by atoms with Gasteiger partial charge in [0.25, 0.3) is 0 Å². The van der Waals surface area contributed by atoms with E-state index < -0.39 is 11.9 Å². The second-order valence-corrected chi connectivity index (χ2v) is 4.23. The van der Waals surface area contributed by atoms with E-state index in [0.717, 1.165) is 0 Å². The summed E-state index contributed by atoms with van der Waals surface area (Å²) in [4.78, 5) is 22.9. The van der Waals surface area contributed by atoms with Gasteiger partial charge in [-0.25, -0.2) is 0 Å². The molecule has 6 heteroatoms. The summed E-state index contributed by atoms with van der Waals surface area (Å²) in [5.74, 6) is -0.704. The molecular formula is C14H17ClO5. The zero-order valence-electron chi connectivity index (χ0n) is 11.3. The van der Waals surface area contributed by atoms with Gasteiger partial charge < -0.3 is 14.2 Å². The van der Waals surface area contributed by atoms with E-state index >= 15 is 0 Å². The van der Waals surface area contributed by atoms with Crippen molar-refractivity contribution in [1.82, 2.24) is 0 Å². The third kappa shape index (κ3) is 6.54. The zero-order chi connectivity index (χ0) is 14.8. The van der Waals surface area contributed by atoms with Gasteiger partial charge in [-0.3, -0.25) is 9.59 Å². The van der Waals surface area contributed by atoms with Crippen molar-refractivity contribution in [2.24, 2.45) is 0 Å². The number of hydrogen-bond acceptors (Lipinski definition) is 5. The first-order valence-corrected chi connectivity index (χ1v) is 6.70. The largest absolute Gasteiger partial charge is 0.463 e. The van der Waals surface area contributed by atoms with Gasteiger partial charge in [0.1, 0.15) is 12.4 Å². The van der Waals surface area contributed by atoms with Gasteiger partial charge in [0.2, 0.25) is 0 Å². The molecule has 0 spiro atoms. The van der Waals surface area contributed by atoms with Crippen molar-refractivity contribution in [2.75, 3.05) is 19.8 Å². The lowest BCUT2D eigenvalue weighted by Gasteiger charge is -2.06. The van der Waals surface area contributed by atoms with Gasteiger partial charge >= 0.3 is 11.9 Å². The highest BCUT2D eigenvalue weighted by Crippen LogP contribution is 2.23. The maximum atomic E-state index is 11.5. The van der Waals surface area contributed by atoms with Gasteiger partial charge in [-0.2, -0.15) is 0 Å². The van der Waals surface area contributed by atoms with E-state index in [2.05, 4.69) is 0 Å². The lowest BCUT2D eigenvalue weighted by Crippen LogP contribution is -2.14. The summed E-state index contributed by atoms with van der Waals surface area (Å²) >= 11 is 5.85. The average molecular weight is 301 g/mol. The van der Waals surface area contributed by atoms with Crippen LogP contribution in [0.15, 0.2) is 24.3 Å². The van der Waals surface area contributed by atoms with Crippen LogP contribution in [-0.2, 0) is 19.1 Å². The van der Waals surface area contributed by atoms with Crippen LogP contribution in [-0.4, -0.2) is 31.8 Å². The van der Waals surface area contributed by atoms with Crippen LogP contribution in [0.3, 0.4) is 0 Å². The normalized spacial score (nSPS) is 10.1. The molecule has 1 rings (SSSR count). The number of carbonyl (C=O) groups excluding carboxylic acids is 2. The zero-order valence-corrected chi connectivity index (χ0v) is 12.0. The van der Waals surface area contributed by atoms with Crippen molar-refractivity contribution >= 4 is 23.5 Å². The molecule has 0 heterocycles. The highest BCUT2D eigenvalue weighted by atomic mass is 35.5. The number of ether oxygens (including phenoxy) is 3. The molecule has 0 saturated heterocycles. The molecule has 0 N–H and O–H groups in total. The molecule has 0 aliphatic heterocycles. The van der Waals surface area contributed by atoms with E-state index in [1.54, 1.807) is 24.3 Å². The molecule has 0 aliphatic rings. The Labute approximate surface area is 122 Å². The fourth-order valence-electron chi connectivity index (χ4n) is 1.34. The topological polar surface area (TPSA) is 61.8 Å². The molecule has 5 nitrogen and oxygen atoms in total. The minimum Gasteiger partial charge on any atom is -0.463 e. The smallest absolute Gasteiger partial charge is 0.311 e. The van der Waals surface area contributed by atoms with E-state index in [4.69, 9.17) is 25.8 Å². The van der Waals surface area contributed by atoms with E-state index in [1.807, 2.05) is 6.92 Å². The van der Waals surface area contributed by atoms with Crippen LogP contribution in [0.4, 0.5) is 0 Å². The summed E-state index contributed by atoms with van der Waals surface area (Å²) in [6.07, 6.45) is -0.0892. The first-order valence-electron chi connectivity index (χ1n) is 6.32. The predicted molar refractivity (Wildman–Crippen MR) is 73.8 cm³/mol. The standard InChI is InChI=1S/C14H17ClO5/c1-2-18-9-10-19-13(16)7-8-14(17)20-12-6-4-3-5-11(12)15/h3-6H,2,7-10H2,1H3. The molecule has 20 heavy (non-hydrogen) atoms. The van der Waals surface area contributed by atoms with Crippen LogP contribution in [0.1, 0.15) is 19.8 Å². The number of esters is 2. The number of hydrogen-bond donors (Lipinski definition) is 0. The van der Waals surface area contributed by atoms with Crippen molar-refractivity contribution in [1.29, 1.82) is 0 Å². The minimum absolute atomic E-state index is 0.0323. The Kier molecular flexibility index (Phi) is 7.69. The molecule has 1 aromatic carbocycles. The van der Waals surface area contributed by atoms with Gasteiger partial charge in [0.15, 0.2) is 0 Å². The van der Waals surface area contributed by atoms with E-state index in [-0.39, 0.29) is 25.2 Å². The Hall–Kier alpha value is -1.59. The highest BCUT2D eigenvalue weighted by Gasteiger charge is 2.11. The van der Waals surface area contributed by atoms with Crippen LogP contribution >= 0.6 is 11.6 Å². The second kappa shape index (κ2) is 9.34. The molecule has 1 aromatic rings. The van der Waals surface area contributed by atoms with Gasteiger partial charge in [0.05, 0.1) is 24.5 Å². The fourth-order valence-corrected chi connectivity index (χ4v) is 1.51. The van der Waals surface area contributed by atoms with Crippen molar-refractivity contribution in [3.63, 3.8) is 0 Å². The van der Waals surface area contributed by atoms with Crippen molar-refractivity contribution in [2.45, 2.75) is 19.8 Å². The summed E-state index contributed by atoms with van der Waals surface area (Å²) in [5, 5.41) is 0.347. The van der Waals surface area contributed by atoms with Gasteiger partial charge in [-0.1, -0.05) is 23.7 Å². The monoisotopic (exact) mass is 300 g/mol. The molecule has 0 aromatic heterocycles. The molecule has 0 amide bonds. The summed E-state index contributed by atoms with van der Waals surface area (Å²) in [6, 6.07) is 6.64. The molecule has 0 saturated carbocycles. The minimum atomic E-state index is -0.528. The summed E-state index contributed by atoms with van der Waals surface area (Å²) < 4.78 is 14.9. The molecule has 0 fully saturated rings. The predicted octanol–water partition coefficient (Wildman–Crippen LogP) is 2.61. The van der Waals surface area contributed by atoms with Gasteiger partial charge in [0, 0.05) is 6.61 Å². The van der Waals surface area contributed by atoms with Gasteiger partial charge in [-0.15, -0.1) is 0 Å². The summed E-state index contributed by atoms with van der Waals surface area (Å²) in [5.41, 5.74) is 0. The lowest BCUT2D eigenvalue weighted by atomic mass is 10.3. The maximum Gasteiger partial charge on any atom is 0.311 e. The Balaban J connectivity index is 2.23. The number of benzene rings is 1. The second-order valence-electron chi connectivity index (χ2n) is 3.82. The molecule has 110 valence electrons. The third-order valence-electron chi connectivity index (χ3n) is 2.29. The summed E-state index contributed by atoms with van der Waals surface area (Å²) in [7, 11) is 0. The number of halogens is 1. The number of rotatable bonds is 8. The molecule has 0 bridgehead atoms. The van der Waals surface area contributed by atoms with E-state index in [9.17, 15) is 9.59 Å². The lowest BCUT2D eigenvalue weighted by molar-refractivity contribution is -0.148. The third-order valence-corrected chi connectivity index (χ3v) is 2.60. The number of carbonyl (C=O) groups is 2. The van der Waals surface area contributed by atoms with Gasteiger partial charge in [-0.05, 0) is 19.1 Å². The Morgan fingerprint density at radius 2 is 1.80 bits per heavy atom. The fraction of sp³-hybridized carbons (Fsp3) is 0.429. The Morgan fingerprint density at radius 3 is 2.50 bits per heavy atom. The van der Waals surface area contributed by atoms with Crippen LogP contribution in [0.2, 0.25) is 5.02 Å². The quantitative estimate of drug-likeness (QED) is 0.419. The van der Waals surface area contributed by atoms with E-state index in [0.29, 0.717) is 18.2 Å². The Morgan fingerprint density at radius 1 is 1.10 bits per heavy atom.